The minimum absolute atomic E-state index is 0.00158. The van der Waals surface area contributed by atoms with Crippen molar-refractivity contribution >= 4 is 29.1 Å². The van der Waals surface area contributed by atoms with Gasteiger partial charge in [-0.2, -0.15) is 0 Å². The fraction of sp³-hybridized carbons (Fsp3) is 0.214. The molecule has 1 unspecified atom stereocenters. The molecule has 1 amide bonds. The lowest BCUT2D eigenvalue weighted by Gasteiger charge is -2.14. The summed E-state index contributed by atoms with van der Waals surface area (Å²) in [5.74, 6) is -0.284. The summed E-state index contributed by atoms with van der Waals surface area (Å²) >= 11 is 11.6. The predicted octanol–water partition coefficient (Wildman–Crippen LogP) is 3.20. The Hall–Kier alpha value is -1.65. The summed E-state index contributed by atoms with van der Waals surface area (Å²) in [6.45, 7) is 0. The lowest BCUT2D eigenvalue weighted by molar-refractivity contribution is 0.0936. The molecule has 0 fully saturated rings. The maximum Gasteiger partial charge on any atom is 0.255 e. The van der Waals surface area contributed by atoms with Gasteiger partial charge in [0.2, 0.25) is 0 Å². The van der Waals surface area contributed by atoms with Crippen molar-refractivity contribution in [3.8, 4) is 0 Å². The van der Waals surface area contributed by atoms with Gasteiger partial charge in [0.15, 0.2) is 10.3 Å². The van der Waals surface area contributed by atoms with Crippen LogP contribution in [0.5, 0.6) is 0 Å². The third-order valence-electron chi connectivity index (χ3n) is 3.40. The minimum Gasteiger partial charge on any atom is -0.345 e. The van der Waals surface area contributed by atoms with E-state index in [1.807, 2.05) is 18.2 Å². The van der Waals surface area contributed by atoms with Crippen LogP contribution in [-0.2, 0) is 6.42 Å². The zero-order valence-electron chi connectivity index (χ0n) is 10.4. The molecule has 6 heteroatoms. The normalized spacial score (nSPS) is 16.8. The number of carbonyl (C=O) groups excluding carboxylic acids is 1. The first-order chi connectivity index (χ1) is 9.65. The number of amides is 1. The van der Waals surface area contributed by atoms with Gasteiger partial charge in [-0.3, -0.25) is 4.79 Å². The zero-order valence-corrected chi connectivity index (χ0v) is 11.9. The molecular weight excluding hydrogens is 297 g/mol. The number of nitrogens with zero attached hydrogens (tertiary/aromatic N) is 2. The summed E-state index contributed by atoms with van der Waals surface area (Å²) in [6, 6.07) is 9.52. The monoisotopic (exact) mass is 307 g/mol. The second-order valence-electron chi connectivity index (χ2n) is 4.64. The van der Waals surface area contributed by atoms with E-state index in [1.165, 1.54) is 11.6 Å². The van der Waals surface area contributed by atoms with Crippen molar-refractivity contribution in [2.24, 2.45) is 0 Å². The van der Waals surface area contributed by atoms with Crippen molar-refractivity contribution in [1.82, 2.24) is 15.5 Å². The fourth-order valence-corrected chi connectivity index (χ4v) is 2.78. The van der Waals surface area contributed by atoms with Gasteiger partial charge in [-0.05, 0) is 30.0 Å². The Morgan fingerprint density at radius 2 is 2.05 bits per heavy atom. The van der Waals surface area contributed by atoms with E-state index in [-0.39, 0.29) is 27.8 Å². The van der Waals surface area contributed by atoms with E-state index in [2.05, 4.69) is 21.6 Å². The quantitative estimate of drug-likeness (QED) is 0.927. The Balaban J connectivity index is 1.82. The molecule has 0 bridgehead atoms. The van der Waals surface area contributed by atoms with Crippen LogP contribution in [0.25, 0.3) is 0 Å². The second-order valence-corrected chi connectivity index (χ2v) is 5.38. The molecule has 3 rings (SSSR count). The van der Waals surface area contributed by atoms with Crippen LogP contribution in [0.15, 0.2) is 30.3 Å². The van der Waals surface area contributed by atoms with Crippen LogP contribution in [0.3, 0.4) is 0 Å². The topological polar surface area (TPSA) is 54.9 Å². The lowest BCUT2D eigenvalue weighted by atomic mass is 10.1. The molecule has 0 radical (unpaired) electrons. The number of rotatable bonds is 2. The number of benzene rings is 1. The van der Waals surface area contributed by atoms with Crippen LogP contribution in [0.4, 0.5) is 0 Å². The SMILES string of the molecule is O=C(NC1CCc2ccccc21)c1cc(Cl)nnc1Cl. The van der Waals surface area contributed by atoms with Crippen LogP contribution >= 0.6 is 23.2 Å². The van der Waals surface area contributed by atoms with E-state index in [9.17, 15) is 4.79 Å². The molecule has 1 atom stereocenters. The Bertz CT molecular complexity index is 675. The lowest BCUT2D eigenvalue weighted by Crippen LogP contribution is -2.27. The first-order valence-corrected chi connectivity index (χ1v) is 6.98. The summed E-state index contributed by atoms with van der Waals surface area (Å²) in [7, 11) is 0. The molecule has 0 aliphatic heterocycles. The second kappa shape index (κ2) is 5.38. The Morgan fingerprint density at radius 1 is 1.25 bits per heavy atom. The van der Waals surface area contributed by atoms with Crippen molar-refractivity contribution in [3.63, 3.8) is 0 Å². The van der Waals surface area contributed by atoms with Crippen LogP contribution in [0.2, 0.25) is 10.3 Å². The molecule has 1 aromatic carbocycles. The maximum atomic E-state index is 12.3. The predicted molar refractivity (Wildman–Crippen MR) is 77.0 cm³/mol. The largest absolute Gasteiger partial charge is 0.345 e. The number of aromatic nitrogens is 2. The highest BCUT2D eigenvalue weighted by Crippen LogP contribution is 2.31. The summed E-state index contributed by atoms with van der Waals surface area (Å²) in [4.78, 5) is 12.3. The summed E-state index contributed by atoms with van der Waals surface area (Å²) in [6.07, 6.45) is 1.85. The molecule has 1 N–H and O–H groups in total. The van der Waals surface area contributed by atoms with Crippen LogP contribution in [0, 0.1) is 0 Å². The van der Waals surface area contributed by atoms with Crippen LogP contribution in [0.1, 0.15) is 33.9 Å². The number of aryl methyl sites for hydroxylation is 1. The summed E-state index contributed by atoms with van der Waals surface area (Å²) in [5.41, 5.74) is 2.68. The van der Waals surface area contributed by atoms with E-state index in [1.54, 1.807) is 0 Å². The molecule has 2 aromatic rings. The highest BCUT2D eigenvalue weighted by atomic mass is 35.5. The third kappa shape index (κ3) is 2.49. The third-order valence-corrected chi connectivity index (χ3v) is 3.87. The first kappa shape index (κ1) is 13.3. The molecule has 20 heavy (non-hydrogen) atoms. The van der Waals surface area contributed by atoms with E-state index in [4.69, 9.17) is 23.2 Å². The fourth-order valence-electron chi connectivity index (χ4n) is 2.46. The van der Waals surface area contributed by atoms with Gasteiger partial charge in [0.1, 0.15) is 0 Å². The Morgan fingerprint density at radius 3 is 2.90 bits per heavy atom. The number of nitrogens with one attached hydrogen (secondary N) is 1. The van der Waals surface area contributed by atoms with Gasteiger partial charge < -0.3 is 5.32 Å². The molecule has 1 aromatic heterocycles. The average Bonchev–Trinajstić information content (AvgIpc) is 2.85. The Labute approximate surface area is 126 Å². The van der Waals surface area contributed by atoms with E-state index in [0.717, 1.165) is 18.4 Å². The highest BCUT2D eigenvalue weighted by Gasteiger charge is 2.25. The summed E-state index contributed by atoms with van der Waals surface area (Å²) in [5, 5.41) is 10.4. The van der Waals surface area contributed by atoms with E-state index in [0.29, 0.717) is 0 Å². The van der Waals surface area contributed by atoms with Crippen molar-refractivity contribution < 1.29 is 4.79 Å². The van der Waals surface area contributed by atoms with Gasteiger partial charge in [-0.25, -0.2) is 0 Å². The van der Waals surface area contributed by atoms with E-state index < -0.39 is 0 Å². The first-order valence-electron chi connectivity index (χ1n) is 6.22. The smallest absolute Gasteiger partial charge is 0.255 e. The molecular formula is C14H11Cl2N3O. The van der Waals surface area contributed by atoms with Crippen molar-refractivity contribution in [2.75, 3.05) is 0 Å². The standard InChI is InChI=1S/C14H11Cl2N3O/c15-12-7-10(13(16)19-18-12)14(20)17-11-6-5-8-3-1-2-4-9(8)11/h1-4,7,11H,5-6H2,(H,17,20). The highest BCUT2D eigenvalue weighted by molar-refractivity contribution is 6.34. The van der Waals surface area contributed by atoms with Gasteiger partial charge in [-0.15, -0.1) is 10.2 Å². The number of fused-ring (bicyclic) bond motifs is 1. The number of halogens is 2. The number of hydrogen-bond acceptors (Lipinski definition) is 3. The molecule has 4 nitrogen and oxygen atoms in total. The van der Waals surface area contributed by atoms with Gasteiger partial charge >= 0.3 is 0 Å². The van der Waals surface area contributed by atoms with Gasteiger partial charge in [0.05, 0.1) is 11.6 Å². The molecule has 0 spiro atoms. The van der Waals surface area contributed by atoms with E-state index >= 15 is 0 Å². The van der Waals surface area contributed by atoms with Gasteiger partial charge in [0, 0.05) is 0 Å². The van der Waals surface area contributed by atoms with Gasteiger partial charge in [0.25, 0.3) is 5.91 Å². The molecule has 1 heterocycles. The molecule has 1 aliphatic rings. The molecule has 0 saturated carbocycles. The average molecular weight is 308 g/mol. The summed E-state index contributed by atoms with van der Waals surface area (Å²) < 4.78 is 0. The van der Waals surface area contributed by atoms with Crippen molar-refractivity contribution in [1.29, 1.82) is 0 Å². The van der Waals surface area contributed by atoms with Crippen molar-refractivity contribution in [2.45, 2.75) is 18.9 Å². The van der Waals surface area contributed by atoms with Gasteiger partial charge in [-0.1, -0.05) is 47.5 Å². The zero-order chi connectivity index (χ0) is 14.1. The number of hydrogen-bond donors (Lipinski definition) is 1. The Kier molecular flexibility index (Phi) is 3.59. The molecule has 1 aliphatic carbocycles. The number of carbonyl (C=O) groups is 1. The molecule has 102 valence electrons. The minimum atomic E-state index is -0.284. The van der Waals surface area contributed by atoms with Crippen LogP contribution in [-0.4, -0.2) is 16.1 Å². The maximum absolute atomic E-state index is 12.3. The van der Waals surface area contributed by atoms with Crippen LogP contribution < -0.4 is 5.32 Å². The molecule has 0 saturated heterocycles. The van der Waals surface area contributed by atoms with Crippen molar-refractivity contribution in [3.05, 3.63) is 57.3 Å².